The Bertz CT molecular complexity index is 571. The largest absolute Gasteiger partial charge is 0.375 e. The molecule has 3 saturated heterocycles. The van der Waals surface area contributed by atoms with E-state index in [1.807, 2.05) is 0 Å². The van der Waals surface area contributed by atoms with Gasteiger partial charge >= 0.3 is 0 Å². The van der Waals surface area contributed by atoms with Gasteiger partial charge in [-0.2, -0.15) is 0 Å². The van der Waals surface area contributed by atoms with Gasteiger partial charge in [0.2, 0.25) is 5.95 Å². The fourth-order valence-electron chi connectivity index (χ4n) is 4.16. The standard InChI is InChI=1S/C19H30N4O2/c1-15-12-16(21-19(20-15)23-7-3-2-4-8-23)13-22-9-11-25-18(14-22)17-6-5-10-24-17/h12,17-18H,2-11,13-14H2,1H3. The van der Waals surface area contributed by atoms with E-state index in [9.17, 15) is 0 Å². The lowest BCUT2D eigenvalue weighted by Gasteiger charge is -2.35. The van der Waals surface area contributed by atoms with Crippen molar-refractivity contribution in [2.24, 2.45) is 0 Å². The first-order valence-corrected chi connectivity index (χ1v) is 9.83. The van der Waals surface area contributed by atoms with Crippen LogP contribution in [0.4, 0.5) is 5.95 Å². The molecule has 3 fully saturated rings. The van der Waals surface area contributed by atoms with Gasteiger partial charge in [-0.05, 0) is 45.1 Å². The van der Waals surface area contributed by atoms with Crippen LogP contribution in [0.5, 0.6) is 0 Å². The molecule has 0 aromatic carbocycles. The molecule has 25 heavy (non-hydrogen) atoms. The molecule has 0 N–H and O–H groups in total. The van der Waals surface area contributed by atoms with Crippen LogP contribution in [0.25, 0.3) is 0 Å². The van der Waals surface area contributed by atoms with E-state index in [0.29, 0.717) is 0 Å². The third-order valence-electron chi connectivity index (χ3n) is 5.48. The minimum atomic E-state index is 0.209. The summed E-state index contributed by atoms with van der Waals surface area (Å²) in [7, 11) is 0. The molecule has 6 heteroatoms. The lowest BCUT2D eigenvalue weighted by atomic mass is 10.1. The minimum Gasteiger partial charge on any atom is -0.375 e. The molecule has 6 nitrogen and oxygen atoms in total. The van der Waals surface area contributed by atoms with E-state index in [-0.39, 0.29) is 12.2 Å². The number of aryl methyl sites for hydroxylation is 1. The van der Waals surface area contributed by atoms with E-state index < -0.39 is 0 Å². The molecule has 138 valence electrons. The zero-order chi connectivity index (χ0) is 17.1. The van der Waals surface area contributed by atoms with Gasteiger partial charge < -0.3 is 14.4 Å². The predicted molar refractivity (Wildman–Crippen MR) is 96.8 cm³/mol. The smallest absolute Gasteiger partial charge is 0.225 e. The second-order valence-electron chi connectivity index (χ2n) is 7.54. The molecule has 4 heterocycles. The summed E-state index contributed by atoms with van der Waals surface area (Å²) in [5, 5.41) is 0. The van der Waals surface area contributed by atoms with Crippen molar-refractivity contribution in [1.82, 2.24) is 14.9 Å². The van der Waals surface area contributed by atoms with Crippen molar-refractivity contribution in [2.75, 3.05) is 44.3 Å². The van der Waals surface area contributed by atoms with Gasteiger partial charge in [0.15, 0.2) is 0 Å². The van der Waals surface area contributed by atoms with Gasteiger partial charge in [0.1, 0.15) is 0 Å². The predicted octanol–water partition coefficient (Wildman–Crippen LogP) is 2.16. The maximum absolute atomic E-state index is 5.96. The van der Waals surface area contributed by atoms with E-state index in [1.165, 1.54) is 19.3 Å². The highest BCUT2D eigenvalue weighted by molar-refractivity contribution is 5.32. The maximum Gasteiger partial charge on any atom is 0.225 e. The van der Waals surface area contributed by atoms with Crippen molar-refractivity contribution in [2.45, 2.75) is 57.8 Å². The van der Waals surface area contributed by atoms with Gasteiger partial charge in [-0.1, -0.05) is 0 Å². The SMILES string of the molecule is Cc1cc(CN2CCOC(C3CCCO3)C2)nc(N2CCCCC2)n1. The number of nitrogens with zero attached hydrogens (tertiary/aromatic N) is 4. The van der Waals surface area contributed by atoms with E-state index in [4.69, 9.17) is 14.5 Å². The Kier molecular flexibility index (Phi) is 5.48. The van der Waals surface area contributed by atoms with E-state index in [0.717, 1.165) is 76.1 Å². The zero-order valence-corrected chi connectivity index (χ0v) is 15.3. The van der Waals surface area contributed by atoms with Crippen molar-refractivity contribution in [3.63, 3.8) is 0 Å². The molecule has 1 aromatic rings. The highest BCUT2D eigenvalue weighted by atomic mass is 16.5. The highest BCUT2D eigenvalue weighted by Gasteiger charge is 2.31. The van der Waals surface area contributed by atoms with E-state index >= 15 is 0 Å². The lowest BCUT2D eigenvalue weighted by Crippen LogP contribution is -2.47. The molecule has 1 aromatic heterocycles. The zero-order valence-electron chi connectivity index (χ0n) is 15.3. The van der Waals surface area contributed by atoms with Gasteiger partial charge in [0, 0.05) is 45.0 Å². The normalized spacial score (nSPS) is 28.4. The summed E-state index contributed by atoms with van der Waals surface area (Å²) in [6.07, 6.45) is 6.60. The van der Waals surface area contributed by atoms with Crippen molar-refractivity contribution >= 4 is 5.95 Å². The van der Waals surface area contributed by atoms with Gasteiger partial charge in [0.25, 0.3) is 0 Å². The molecule has 3 aliphatic heterocycles. The summed E-state index contributed by atoms with van der Waals surface area (Å²) in [6.45, 7) is 8.69. The Hall–Kier alpha value is -1.24. The average molecular weight is 346 g/mol. The molecule has 0 bridgehead atoms. The highest BCUT2D eigenvalue weighted by Crippen LogP contribution is 2.22. The third kappa shape index (κ3) is 4.30. The first-order chi connectivity index (χ1) is 12.3. The summed E-state index contributed by atoms with van der Waals surface area (Å²) < 4.78 is 11.8. The van der Waals surface area contributed by atoms with Crippen LogP contribution >= 0.6 is 0 Å². The van der Waals surface area contributed by atoms with Crippen molar-refractivity contribution in [3.05, 3.63) is 17.5 Å². The number of hydrogen-bond acceptors (Lipinski definition) is 6. The first kappa shape index (κ1) is 17.2. The second kappa shape index (κ2) is 7.98. The molecule has 0 radical (unpaired) electrons. The van der Waals surface area contributed by atoms with Gasteiger partial charge in [-0.3, -0.25) is 4.90 Å². The molecule has 0 amide bonds. The average Bonchev–Trinajstić information content (AvgIpc) is 3.17. The Morgan fingerprint density at radius 2 is 1.84 bits per heavy atom. The third-order valence-corrected chi connectivity index (χ3v) is 5.48. The molecule has 2 atom stereocenters. The van der Waals surface area contributed by atoms with Gasteiger partial charge in [0.05, 0.1) is 24.5 Å². The molecular formula is C19H30N4O2. The van der Waals surface area contributed by atoms with Gasteiger partial charge in [-0.15, -0.1) is 0 Å². The topological polar surface area (TPSA) is 50.7 Å². The van der Waals surface area contributed by atoms with E-state index in [1.54, 1.807) is 0 Å². The Balaban J connectivity index is 1.41. The molecule has 2 unspecified atom stereocenters. The monoisotopic (exact) mass is 346 g/mol. The fraction of sp³-hybridized carbons (Fsp3) is 0.789. The number of anilines is 1. The molecule has 4 rings (SSSR count). The summed E-state index contributed by atoms with van der Waals surface area (Å²) >= 11 is 0. The maximum atomic E-state index is 5.96. The second-order valence-corrected chi connectivity index (χ2v) is 7.54. The molecule has 0 saturated carbocycles. The van der Waals surface area contributed by atoms with Crippen molar-refractivity contribution in [3.8, 4) is 0 Å². The minimum absolute atomic E-state index is 0.209. The number of aromatic nitrogens is 2. The molecule has 0 aliphatic carbocycles. The summed E-state index contributed by atoms with van der Waals surface area (Å²) in [4.78, 5) is 14.4. The molecular weight excluding hydrogens is 316 g/mol. The molecule has 0 spiro atoms. The number of hydrogen-bond donors (Lipinski definition) is 0. The van der Waals surface area contributed by atoms with Crippen LogP contribution < -0.4 is 4.90 Å². The Labute approximate surface area is 150 Å². The first-order valence-electron chi connectivity index (χ1n) is 9.83. The van der Waals surface area contributed by atoms with Crippen LogP contribution in [0.2, 0.25) is 0 Å². The number of piperidine rings is 1. The van der Waals surface area contributed by atoms with Crippen LogP contribution in [0.1, 0.15) is 43.5 Å². The number of morpholine rings is 1. The van der Waals surface area contributed by atoms with Crippen LogP contribution in [0, 0.1) is 6.92 Å². The lowest BCUT2D eigenvalue weighted by molar-refractivity contribution is -0.0961. The quantitative estimate of drug-likeness (QED) is 0.833. The summed E-state index contributed by atoms with van der Waals surface area (Å²) in [6, 6.07) is 2.13. The number of ether oxygens (including phenoxy) is 2. The Morgan fingerprint density at radius 1 is 1.00 bits per heavy atom. The van der Waals surface area contributed by atoms with Crippen molar-refractivity contribution in [1.29, 1.82) is 0 Å². The van der Waals surface area contributed by atoms with Crippen LogP contribution in [-0.4, -0.2) is 66.5 Å². The molecule has 3 aliphatic rings. The van der Waals surface area contributed by atoms with Crippen LogP contribution in [0.15, 0.2) is 6.07 Å². The van der Waals surface area contributed by atoms with Crippen molar-refractivity contribution < 1.29 is 9.47 Å². The van der Waals surface area contributed by atoms with Gasteiger partial charge in [-0.25, -0.2) is 9.97 Å². The van der Waals surface area contributed by atoms with Crippen LogP contribution in [-0.2, 0) is 16.0 Å². The number of rotatable bonds is 4. The summed E-state index contributed by atoms with van der Waals surface area (Å²) in [5.74, 6) is 0.915. The van der Waals surface area contributed by atoms with E-state index in [2.05, 4.69) is 27.8 Å². The Morgan fingerprint density at radius 3 is 2.64 bits per heavy atom. The fourth-order valence-corrected chi connectivity index (χ4v) is 4.16. The summed E-state index contributed by atoms with van der Waals surface area (Å²) in [5.41, 5.74) is 2.19. The van der Waals surface area contributed by atoms with Crippen LogP contribution in [0.3, 0.4) is 0 Å².